The zero-order valence-corrected chi connectivity index (χ0v) is 7.48. The van der Waals surface area contributed by atoms with Gasteiger partial charge in [0.1, 0.15) is 0 Å². The summed E-state index contributed by atoms with van der Waals surface area (Å²) in [5.41, 5.74) is 0. The third-order valence-electron chi connectivity index (χ3n) is 1.56. The fraction of sp³-hybridized carbons (Fsp3) is 0.500. The highest BCUT2D eigenvalue weighted by molar-refractivity contribution is 5.28. The molecule has 0 aliphatic carbocycles. The number of rotatable bonds is 5. The van der Waals surface area contributed by atoms with Crippen LogP contribution in [0.4, 0.5) is 14.7 Å². The van der Waals surface area contributed by atoms with Crippen molar-refractivity contribution in [3.63, 3.8) is 0 Å². The molecule has 78 valence electrons. The van der Waals surface area contributed by atoms with Crippen LogP contribution in [0, 0.1) is 0 Å². The minimum atomic E-state index is -2.47. The van der Waals surface area contributed by atoms with E-state index in [1.54, 1.807) is 6.07 Å². The molecule has 0 bridgehead atoms. The summed E-state index contributed by atoms with van der Waals surface area (Å²) in [6.45, 7) is -0.566. The Balaban J connectivity index is 2.67. The van der Waals surface area contributed by atoms with Gasteiger partial charge >= 0.3 is 0 Å². The minimum Gasteiger partial charge on any atom is -0.395 e. The van der Waals surface area contributed by atoms with Crippen LogP contribution in [-0.2, 0) is 0 Å². The Labute approximate surface area is 80.2 Å². The minimum absolute atomic E-state index is 0.106. The zero-order valence-electron chi connectivity index (χ0n) is 7.48. The number of alkyl halides is 2. The Morgan fingerprint density at radius 3 is 2.50 bits per heavy atom. The molecule has 0 spiro atoms. The van der Waals surface area contributed by atoms with Crippen molar-refractivity contribution < 1.29 is 13.9 Å². The zero-order chi connectivity index (χ0) is 10.4. The summed E-state index contributed by atoms with van der Waals surface area (Å²) >= 11 is 0. The summed E-state index contributed by atoms with van der Waals surface area (Å²) in [7, 11) is 0. The molecule has 1 aromatic heterocycles. The Morgan fingerprint density at radius 2 is 2.00 bits per heavy atom. The molecule has 14 heavy (non-hydrogen) atoms. The average molecular weight is 203 g/mol. The lowest BCUT2D eigenvalue weighted by atomic mass is 10.5. The van der Waals surface area contributed by atoms with E-state index in [1.165, 1.54) is 17.3 Å². The first-order valence-corrected chi connectivity index (χ1v) is 4.15. The van der Waals surface area contributed by atoms with E-state index in [0.29, 0.717) is 0 Å². The topological polar surface area (TPSA) is 49.2 Å². The number of aliphatic hydroxyl groups excluding tert-OH is 1. The number of hydrogen-bond acceptors (Lipinski definition) is 4. The van der Waals surface area contributed by atoms with Crippen LogP contribution < -0.4 is 4.90 Å². The Kier molecular flexibility index (Phi) is 4.18. The van der Waals surface area contributed by atoms with Crippen LogP contribution in [0.15, 0.2) is 18.5 Å². The van der Waals surface area contributed by atoms with Gasteiger partial charge in [-0.05, 0) is 6.07 Å². The number of anilines is 1. The van der Waals surface area contributed by atoms with Gasteiger partial charge < -0.3 is 10.0 Å². The van der Waals surface area contributed by atoms with E-state index in [2.05, 4.69) is 9.97 Å². The molecule has 0 aliphatic heterocycles. The van der Waals surface area contributed by atoms with Gasteiger partial charge in [-0.3, -0.25) is 0 Å². The van der Waals surface area contributed by atoms with Crippen LogP contribution >= 0.6 is 0 Å². The maximum atomic E-state index is 12.1. The van der Waals surface area contributed by atoms with Gasteiger partial charge in [-0.25, -0.2) is 18.7 Å². The molecule has 0 amide bonds. The molecule has 0 aliphatic rings. The molecule has 0 unspecified atom stereocenters. The highest BCUT2D eigenvalue weighted by Crippen LogP contribution is 2.07. The summed E-state index contributed by atoms with van der Waals surface area (Å²) < 4.78 is 24.2. The fourth-order valence-electron chi connectivity index (χ4n) is 1.01. The first-order chi connectivity index (χ1) is 6.74. The normalized spacial score (nSPS) is 10.6. The van der Waals surface area contributed by atoms with Crippen molar-refractivity contribution in [1.29, 1.82) is 0 Å². The van der Waals surface area contributed by atoms with Gasteiger partial charge in [-0.2, -0.15) is 0 Å². The van der Waals surface area contributed by atoms with Crippen molar-refractivity contribution in [3.05, 3.63) is 18.5 Å². The van der Waals surface area contributed by atoms with E-state index in [0.717, 1.165) is 0 Å². The number of hydrogen-bond donors (Lipinski definition) is 1. The van der Waals surface area contributed by atoms with E-state index < -0.39 is 13.0 Å². The molecule has 0 atom stereocenters. The van der Waals surface area contributed by atoms with Crippen molar-refractivity contribution >= 4 is 5.95 Å². The van der Waals surface area contributed by atoms with Crippen LogP contribution in [0.1, 0.15) is 0 Å². The van der Waals surface area contributed by atoms with E-state index in [1.807, 2.05) is 0 Å². The van der Waals surface area contributed by atoms with Crippen LogP contribution in [0.5, 0.6) is 0 Å². The highest BCUT2D eigenvalue weighted by atomic mass is 19.3. The lowest BCUT2D eigenvalue weighted by Gasteiger charge is -2.20. The monoisotopic (exact) mass is 203 g/mol. The molecule has 1 aromatic rings. The van der Waals surface area contributed by atoms with Gasteiger partial charge in [-0.1, -0.05) is 0 Å². The Hall–Kier alpha value is -1.30. The van der Waals surface area contributed by atoms with Crippen LogP contribution in [0.2, 0.25) is 0 Å². The van der Waals surface area contributed by atoms with Gasteiger partial charge in [0.15, 0.2) is 0 Å². The quantitative estimate of drug-likeness (QED) is 0.758. The first kappa shape index (κ1) is 10.8. The molecule has 1 heterocycles. The number of nitrogens with zero attached hydrogens (tertiary/aromatic N) is 3. The number of aliphatic hydroxyl groups is 1. The van der Waals surface area contributed by atoms with E-state index >= 15 is 0 Å². The summed E-state index contributed by atoms with van der Waals surface area (Å²) in [6, 6.07) is 1.60. The molecule has 0 saturated heterocycles. The predicted octanol–water partition coefficient (Wildman–Crippen LogP) is 0.540. The molecular formula is C8H11F2N3O. The smallest absolute Gasteiger partial charge is 0.255 e. The SMILES string of the molecule is OCCN(CC(F)F)c1ncccn1. The van der Waals surface area contributed by atoms with E-state index in [9.17, 15) is 8.78 Å². The van der Waals surface area contributed by atoms with Crippen molar-refractivity contribution in [2.24, 2.45) is 0 Å². The Morgan fingerprint density at radius 1 is 1.36 bits per heavy atom. The molecule has 0 saturated carbocycles. The van der Waals surface area contributed by atoms with Gasteiger partial charge in [-0.15, -0.1) is 0 Å². The summed E-state index contributed by atoms with van der Waals surface area (Å²) in [5, 5.41) is 8.67. The second kappa shape index (κ2) is 5.43. The average Bonchev–Trinajstić information content (AvgIpc) is 2.18. The molecule has 1 N–H and O–H groups in total. The maximum Gasteiger partial charge on any atom is 0.255 e. The largest absolute Gasteiger partial charge is 0.395 e. The third-order valence-corrected chi connectivity index (χ3v) is 1.56. The molecular weight excluding hydrogens is 192 g/mol. The van der Waals surface area contributed by atoms with Crippen molar-refractivity contribution in [1.82, 2.24) is 9.97 Å². The first-order valence-electron chi connectivity index (χ1n) is 4.15. The van der Waals surface area contributed by atoms with Gasteiger partial charge in [0, 0.05) is 18.9 Å². The standard InChI is InChI=1S/C8H11F2N3O/c9-7(10)6-13(4-5-14)8-11-2-1-3-12-8/h1-3,7,14H,4-6H2. The van der Waals surface area contributed by atoms with Gasteiger partial charge in [0.2, 0.25) is 5.95 Å². The summed E-state index contributed by atoms with van der Waals surface area (Å²) in [5.74, 6) is 0.210. The van der Waals surface area contributed by atoms with E-state index in [-0.39, 0.29) is 19.1 Å². The third kappa shape index (κ3) is 3.21. The van der Waals surface area contributed by atoms with Crippen molar-refractivity contribution in [3.8, 4) is 0 Å². The fourth-order valence-corrected chi connectivity index (χ4v) is 1.01. The van der Waals surface area contributed by atoms with Crippen LogP contribution in [0.25, 0.3) is 0 Å². The Bertz CT molecular complexity index is 258. The van der Waals surface area contributed by atoms with Gasteiger partial charge in [0.25, 0.3) is 6.43 Å². The highest BCUT2D eigenvalue weighted by Gasteiger charge is 2.13. The molecule has 0 radical (unpaired) electrons. The molecule has 0 fully saturated rings. The van der Waals surface area contributed by atoms with Crippen LogP contribution in [0.3, 0.4) is 0 Å². The van der Waals surface area contributed by atoms with Crippen molar-refractivity contribution in [2.45, 2.75) is 6.43 Å². The molecule has 0 aromatic carbocycles. The number of aromatic nitrogens is 2. The molecule has 1 rings (SSSR count). The maximum absolute atomic E-state index is 12.1. The number of halogens is 2. The summed E-state index contributed by atoms with van der Waals surface area (Å²) in [6.07, 6.45) is 0.474. The van der Waals surface area contributed by atoms with Crippen molar-refractivity contribution in [2.75, 3.05) is 24.6 Å². The second-order valence-corrected chi connectivity index (χ2v) is 2.61. The summed E-state index contributed by atoms with van der Waals surface area (Å²) in [4.78, 5) is 8.88. The predicted molar refractivity (Wildman–Crippen MR) is 47.3 cm³/mol. The molecule has 6 heteroatoms. The van der Waals surface area contributed by atoms with Gasteiger partial charge in [0.05, 0.1) is 13.2 Å². The molecule has 4 nitrogen and oxygen atoms in total. The lowest BCUT2D eigenvalue weighted by molar-refractivity contribution is 0.152. The lowest BCUT2D eigenvalue weighted by Crippen LogP contribution is -2.32. The second-order valence-electron chi connectivity index (χ2n) is 2.61. The van der Waals surface area contributed by atoms with Crippen LogP contribution in [-0.4, -0.2) is 41.2 Å². The van der Waals surface area contributed by atoms with E-state index in [4.69, 9.17) is 5.11 Å².